The summed E-state index contributed by atoms with van der Waals surface area (Å²) in [5.41, 5.74) is 4.46. The van der Waals surface area contributed by atoms with E-state index in [0.717, 1.165) is 47.5 Å². The highest BCUT2D eigenvalue weighted by molar-refractivity contribution is 5.88. The number of H-pyrrole nitrogens is 1. The summed E-state index contributed by atoms with van der Waals surface area (Å²) in [5.74, 6) is 1.89. The summed E-state index contributed by atoms with van der Waals surface area (Å²) >= 11 is 0. The molecule has 1 aromatic heterocycles. The van der Waals surface area contributed by atoms with Crippen LogP contribution in [0, 0.1) is 0 Å². The largest absolute Gasteiger partial charge is 0.497 e. The standard InChI is InChI=1S/C30H40N2O3/c1-4-5-6-7-8-9-10-11-16-28(33)32-20-19-23-25-21-22(34-2)17-18-26(25)31-29(23)30(32)24-14-12-13-15-27(24)35-3/h12-15,17-18,21,30-31H,4-11,16,19-20H2,1-3H3. The molecule has 1 aliphatic rings. The Morgan fingerprint density at radius 2 is 1.71 bits per heavy atom. The van der Waals surface area contributed by atoms with Crippen LogP contribution in [0.15, 0.2) is 42.5 Å². The van der Waals surface area contributed by atoms with E-state index in [1.807, 2.05) is 24.3 Å². The molecule has 0 fully saturated rings. The highest BCUT2D eigenvalue weighted by Crippen LogP contribution is 2.42. The van der Waals surface area contributed by atoms with Gasteiger partial charge in [-0.3, -0.25) is 4.79 Å². The van der Waals surface area contributed by atoms with Crippen LogP contribution in [0.2, 0.25) is 0 Å². The minimum absolute atomic E-state index is 0.185. The molecule has 188 valence electrons. The molecule has 0 bridgehead atoms. The predicted octanol–water partition coefficient (Wildman–Crippen LogP) is 7.19. The quantitative estimate of drug-likeness (QED) is 0.281. The second-order valence-electron chi connectivity index (χ2n) is 9.64. The molecule has 0 spiro atoms. The predicted molar refractivity (Wildman–Crippen MR) is 142 cm³/mol. The van der Waals surface area contributed by atoms with Crippen LogP contribution in [0.25, 0.3) is 10.9 Å². The van der Waals surface area contributed by atoms with Gasteiger partial charge in [0.05, 0.1) is 14.2 Å². The molecular formula is C30H40N2O3. The zero-order valence-corrected chi connectivity index (χ0v) is 21.6. The van der Waals surface area contributed by atoms with Crippen molar-refractivity contribution in [1.82, 2.24) is 9.88 Å². The van der Waals surface area contributed by atoms with Crippen molar-refractivity contribution in [2.75, 3.05) is 20.8 Å². The van der Waals surface area contributed by atoms with Gasteiger partial charge in [-0.25, -0.2) is 0 Å². The highest BCUT2D eigenvalue weighted by Gasteiger charge is 2.35. The number of hydrogen-bond acceptors (Lipinski definition) is 3. The summed E-state index contributed by atoms with van der Waals surface area (Å²) in [6, 6.07) is 14.0. The van der Waals surface area contributed by atoms with Gasteiger partial charge in [0, 0.05) is 35.1 Å². The summed E-state index contributed by atoms with van der Waals surface area (Å²) in [5, 5.41) is 1.18. The number of nitrogens with one attached hydrogen (secondary N) is 1. The van der Waals surface area contributed by atoms with Crippen molar-refractivity contribution in [2.24, 2.45) is 0 Å². The summed E-state index contributed by atoms with van der Waals surface area (Å²) in [6.45, 7) is 2.95. The molecule has 1 amide bonds. The van der Waals surface area contributed by atoms with Gasteiger partial charge < -0.3 is 19.4 Å². The van der Waals surface area contributed by atoms with E-state index >= 15 is 0 Å². The van der Waals surface area contributed by atoms with E-state index < -0.39 is 0 Å². The molecule has 5 heteroatoms. The molecule has 2 heterocycles. The third-order valence-corrected chi connectivity index (χ3v) is 7.33. The van der Waals surface area contributed by atoms with Gasteiger partial charge in [0.1, 0.15) is 17.5 Å². The van der Waals surface area contributed by atoms with Gasteiger partial charge in [0.15, 0.2) is 0 Å². The van der Waals surface area contributed by atoms with Crippen molar-refractivity contribution >= 4 is 16.8 Å². The molecule has 0 aliphatic carbocycles. The Morgan fingerprint density at radius 3 is 2.46 bits per heavy atom. The first-order chi connectivity index (χ1) is 17.2. The molecule has 4 rings (SSSR count). The molecule has 0 saturated carbocycles. The number of para-hydroxylation sites is 1. The smallest absolute Gasteiger partial charge is 0.223 e. The molecule has 1 atom stereocenters. The summed E-state index contributed by atoms with van der Waals surface area (Å²) in [6.07, 6.45) is 11.3. The minimum Gasteiger partial charge on any atom is -0.497 e. The number of amides is 1. The van der Waals surface area contributed by atoms with Crippen molar-refractivity contribution < 1.29 is 14.3 Å². The van der Waals surface area contributed by atoms with Crippen LogP contribution in [0.3, 0.4) is 0 Å². The minimum atomic E-state index is -0.185. The monoisotopic (exact) mass is 476 g/mol. The van der Waals surface area contributed by atoms with Gasteiger partial charge in [-0.15, -0.1) is 0 Å². The lowest BCUT2D eigenvalue weighted by molar-refractivity contribution is -0.133. The van der Waals surface area contributed by atoms with Crippen molar-refractivity contribution in [3.8, 4) is 11.5 Å². The van der Waals surface area contributed by atoms with Gasteiger partial charge in [-0.1, -0.05) is 70.1 Å². The number of ether oxygens (including phenoxy) is 2. The molecule has 1 N–H and O–H groups in total. The number of aromatic nitrogens is 1. The van der Waals surface area contributed by atoms with Gasteiger partial charge in [0.25, 0.3) is 0 Å². The third-order valence-electron chi connectivity index (χ3n) is 7.33. The second kappa shape index (κ2) is 12.1. The van der Waals surface area contributed by atoms with Crippen LogP contribution in [0.5, 0.6) is 11.5 Å². The fourth-order valence-corrected chi connectivity index (χ4v) is 5.43. The van der Waals surface area contributed by atoms with Crippen LogP contribution < -0.4 is 9.47 Å². The Hall–Kier alpha value is -2.95. The van der Waals surface area contributed by atoms with E-state index in [1.54, 1.807) is 14.2 Å². The van der Waals surface area contributed by atoms with E-state index in [2.05, 4.69) is 35.0 Å². The molecule has 3 aromatic rings. The number of rotatable bonds is 12. The number of methoxy groups -OCH3 is 2. The Labute approximate surface area is 209 Å². The van der Waals surface area contributed by atoms with Gasteiger partial charge in [0.2, 0.25) is 5.91 Å². The second-order valence-corrected chi connectivity index (χ2v) is 9.64. The third kappa shape index (κ3) is 5.66. The maximum Gasteiger partial charge on any atom is 0.223 e. The van der Waals surface area contributed by atoms with Gasteiger partial charge in [-0.2, -0.15) is 0 Å². The van der Waals surface area contributed by atoms with E-state index in [9.17, 15) is 4.79 Å². The first kappa shape index (κ1) is 25.2. The molecule has 2 aromatic carbocycles. The topological polar surface area (TPSA) is 54.6 Å². The summed E-state index contributed by atoms with van der Waals surface area (Å²) < 4.78 is 11.2. The van der Waals surface area contributed by atoms with Gasteiger partial charge >= 0.3 is 0 Å². The maximum absolute atomic E-state index is 13.5. The van der Waals surface area contributed by atoms with Crippen molar-refractivity contribution in [1.29, 1.82) is 0 Å². The maximum atomic E-state index is 13.5. The number of carbonyl (C=O) groups is 1. The SMILES string of the molecule is CCCCCCCCCCC(=O)N1CCc2c([nH]c3ccc(OC)cc23)C1c1ccccc1OC. The number of fused-ring (bicyclic) bond motifs is 3. The average molecular weight is 477 g/mol. The Balaban J connectivity index is 1.55. The lowest BCUT2D eigenvalue weighted by atomic mass is 9.91. The molecule has 1 aliphatic heterocycles. The number of benzene rings is 2. The Morgan fingerprint density at radius 1 is 0.971 bits per heavy atom. The Bertz CT molecular complexity index is 1120. The van der Waals surface area contributed by atoms with E-state index in [-0.39, 0.29) is 11.9 Å². The zero-order valence-electron chi connectivity index (χ0n) is 21.6. The Kier molecular flexibility index (Phi) is 8.73. The first-order valence-corrected chi connectivity index (χ1v) is 13.3. The van der Waals surface area contributed by atoms with E-state index in [4.69, 9.17) is 9.47 Å². The van der Waals surface area contributed by atoms with Crippen LogP contribution >= 0.6 is 0 Å². The van der Waals surface area contributed by atoms with Crippen LogP contribution in [0.1, 0.15) is 87.6 Å². The normalized spacial score (nSPS) is 15.3. The van der Waals surface area contributed by atoms with Crippen LogP contribution in [0.4, 0.5) is 0 Å². The van der Waals surface area contributed by atoms with E-state index in [1.165, 1.54) is 49.5 Å². The average Bonchev–Trinajstić information content (AvgIpc) is 3.27. The van der Waals surface area contributed by atoms with Crippen molar-refractivity contribution in [2.45, 2.75) is 77.2 Å². The van der Waals surface area contributed by atoms with E-state index in [0.29, 0.717) is 13.0 Å². The molecule has 1 unspecified atom stereocenters. The number of nitrogens with zero attached hydrogens (tertiary/aromatic N) is 1. The molecule has 5 nitrogen and oxygen atoms in total. The fourth-order valence-electron chi connectivity index (χ4n) is 5.43. The number of carbonyl (C=O) groups excluding carboxylic acids is 1. The molecule has 0 radical (unpaired) electrons. The number of aromatic amines is 1. The van der Waals surface area contributed by atoms with Crippen LogP contribution in [-0.4, -0.2) is 36.6 Å². The molecule has 35 heavy (non-hydrogen) atoms. The summed E-state index contributed by atoms with van der Waals surface area (Å²) in [7, 11) is 3.40. The van der Waals surface area contributed by atoms with Crippen molar-refractivity contribution in [3.05, 3.63) is 59.3 Å². The molecular weight excluding hydrogens is 436 g/mol. The highest BCUT2D eigenvalue weighted by atomic mass is 16.5. The fraction of sp³-hybridized carbons (Fsp3) is 0.500. The van der Waals surface area contributed by atoms with Crippen molar-refractivity contribution in [3.63, 3.8) is 0 Å². The number of hydrogen-bond donors (Lipinski definition) is 1. The lowest BCUT2D eigenvalue weighted by Crippen LogP contribution is -2.40. The van der Waals surface area contributed by atoms with Gasteiger partial charge in [-0.05, 0) is 42.7 Å². The number of unbranched alkanes of at least 4 members (excludes halogenated alkanes) is 7. The molecule has 0 saturated heterocycles. The zero-order chi connectivity index (χ0) is 24.6. The lowest BCUT2D eigenvalue weighted by Gasteiger charge is -2.37. The summed E-state index contributed by atoms with van der Waals surface area (Å²) in [4.78, 5) is 19.2. The first-order valence-electron chi connectivity index (χ1n) is 13.3. The van der Waals surface area contributed by atoms with Crippen LogP contribution in [-0.2, 0) is 11.2 Å².